The van der Waals surface area contributed by atoms with Crippen molar-refractivity contribution >= 4 is 18.4 Å². The van der Waals surface area contributed by atoms with Gasteiger partial charge in [0.15, 0.2) is 0 Å². The molecule has 2 aliphatic rings. The summed E-state index contributed by atoms with van der Waals surface area (Å²) < 4.78 is 0. The highest BCUT2D eigenvalue weighted by molar-refractivity contribution is 5.85. The molecule has 0 aliphatic heterocycles. The number of carboxylic acids is 1. The quantitative estimate of drug-likeness (QED) is 0.664. The minimum atomic E-state index is -0.586. The lowest BCUT2D eigenvalue weighted by molar-refractivity contribution is -0.154. The van der Waals surface area contributed by atoms with Gasteiger partial charge in [0, 0.05) is 0 Å². The van der Waals surface area contributed by atoms with Gasteiger partial charge >= 0.3 is 5.97 Å². The van der Waals surface area contributed by atoms with Crippen LogP contribution in [0.1, 0.15) is 32.1 Å². The highest BCUT2D eigenvalue weighted by atomic mass is 35.5. The van der Waals surface area contributed by atoms with E-state index in [0.29, 0.717) is 5.41 Å². The summed E-state index contributed by atoms with van der Waals surface area (Å²) in [6, 6.07) is 0. The lowest BCUT2D eigenvalue weighted by atomic mass is 9.52. The second-order valence-corrected chi connectivity index (χ2v) is 3.80. The maximum absolute atomic E-state index is 10.4. The van der Waals surface area contributed by atoms with Crippen LogP contribution in [0.15, 0.2) is 0 Å². The molecule has 0 aromatic heterocycles. The predicted molar refractivity (Wildman–Crippen MR) is 43.9 cm³/mol. The molecular formula is C8H13ClO2. The second kappa shape index (κ2) is 2.67. The third-order valence-electron chi connectivity index (χ3n) is 3.12. The Labute approximate surface area is 72.4 Å². The van der Waals surface area contributed by atoms with Gasteiger partial charge in [0.25, 0.3) is 0 Å². The molecule has 0 unspecified atom stereocenters. The number of carbonyl (C=O) groups is 1. The number of aliphatic carboxylic acids is 1. The molecule has 0 aromatic rings. The SMILES string of the molecule is Cl.O=C(O)C1CC2(CCC2)C1. The standard InChI is InChI=1S/C8H12O2.ClH/c9-7(10)6-4-8(5-6)2-1-3-8;/h6H,1-5H2,(H,9,10);1H. The summed E-state index contributed by atoms with van der Waals surface area (Å²) in [6.07, 6.45) is 5.82. The van der Waals surface area contributed by atoms with Crippen LogP contribution < -0.4 is 0 Å². The summed E-state index contributed by atoms with van der Waals surface area (Å²) in [7, 11) is 0. The van der Waals surface area contributed by atoms with Gasteiger partial charge in [-0.05, 0) is 31.1 Å². The number of hydrogen-bond donors (Lipinski definition) is 1. The molecule has 3 heteroatoms. The van der Waals surface area contributed by atoms with Crippen LogP contribution in [-0.4, -0.2) is 11.1 Å². The maximum atomic E-state index is 10.4. The number of carboxylic acid groups (broad SMARTS) is 1. The van der Waals surface area contributed by atoms with Gasteiger partial charge in [0.1, 0.15) is 0 Å². The summed E-state index contributed by atoms with van der Waals surface area (Å²) in [5.74, 6) is -0.585. The van der Waals surface area contributed by atoms with Gasteiger partial charge in [-0.25, -0.2) is 0 Å². The van der Waals surface area contributed by atoms with Crippen LogP contribution in [0.4, 0.5) is 0 Å². The van der Waals surface area contributed by atoms with Crippen molar-refractivity contribution in [3.8, 4) is 0 Å². The van der Waals surface area contributed by atoms with Gasteiger partial charge in [-0.1, -0.05) is 6.42 Å². The zero-order valence-corrected chi connectivity index (χ0v) is 7.19. The maximum Gasteiger partial charge on any atom is 0.306 e. The van der Waals surface area contributed by atoms with E-state index in [0.717, 1.165) is 12.8 Å². The summed E-state index contributed by atoms with van der Waals surface area (Å²) in [4.78, 5) is 10.4. The molecule has 2 aliphatic carbocycles. The monoisotopic (exact) mass is 176 g/mol. The minimum absolute atomic E-state index is 0. The Morgan fingerprint density at radius 1 is 1.36 bits per heavy atom. The van der Waals surface area contributed by atoms with Crippen LogP contribution in [0.3, 0.4) is 0 Å². The highest BCUT2D eigenvalue weighted by Crippen LogP contribution is 2.58. The largest absolute Gasteiger partial charge is 0.481 e. The van der Waals surface area contributed by atoms with Gasteiger partial charge < -0.3 is 5.11 Å². The zero-order chi connectivity index (χ0) is 7.19. The smallest absolute Gasteiger partial charge is 0.306 e. The van der Waals surface area contributed by atoms with Crippen molar-refractivity contribution in [1.29, 1.82) is 0 Å². The van der Waals surface area contributed by atoms with Crippen LogP contribution in [0.5, 0.6) is 0 Å². The first-order valence-corrected chi connectivity index (χ1v) is 3.95. The fourth-order valence-electron chi connectivity index (χ4n) is 2.25. The lowest BCUT2D eigenvalue weighted by Gasteiger charge is -2.52. The van der Waals surface area contributed by atoms with E-state index in [-0.39, 0.29) is 18.3 Å². The molecule has 2 fully saturated rings. The molecule has 0 amide bonds. The normalized spacial score (nSPS) is 26.5. The topological polar surface area (TPSA) is 37.3 Å². The van der Waals surface area contributed by atoms with Crippen molar-refractivity contribution in [1.82, 2.24) is 0 Å². The third-order valence-corrected chi connectivity index (χ3v) is 3.12. The van der Waals surface area contributed by atoms with Crippen molar-refractivity contribution in [3.63, 3.8) is 0 Å². The molecule has 1 spiro atoms. The number of halogens is 1. The van der Waals surface area contributed by atoms with Gasteiger partial charge in [-0.15, -0.1) is 12.4 Å². The Morgan fingerprint density at radius 3 is 2.18 bits per heavy atom. The lowest BCUT2D eigenvalue weighted by Crippen LogP contribution is -2.45. The van der Waals surface area contributed by atoms with Crippen LogP contribution in [0.25, 0.3) is 0 Å². The molecule has 0 atom stereocenters. The van der Waals surface area contributed by atoms with Gasteiger partial charge in [-0.3, -0.25) is 4.79 Å². The molecule has 0 radical (unpaired) electrons. The molecule has 0 saturated heterocycles. The van der Waals surface area contributed by atoms with E-state index < -0.39 is 5.97 Å². The van der Waals surface area contributed by atoms with Gasteiger partial charge in [0.2, 0.25) is 0 Å². The van der Waals surface area contributed by atoms with E-state index in [1.807, 2.05) is 0 Å². The Morgan fingerprint density at radius 2 is 1.91 bits per heavy atom. The number of rotatable bonds is 1. The fraction of sp³-hybridized carbons (Fsp3) is 0.875. The van der Waals surface area contributed by atoms with E-state index in [1.165, 1.54) is 19.3 Å². The van der Waals surface area contributed by atoms with Gasteiger partial charge in [0.05, 0.1) is 5.92 Å². The van der Waals surface area contributed by atoms with Crippen LogP contribution in [0, 0.1) is 11.3 Å². The van der Waals surface area contributed by atoms with Crippen molar-refractivity contribution in [2.75, 3.05) is 0 Å². The van der Waals surface area contributed by atoms with Crippen molar-refractivity contribution in [2.45, 2.75) is 32.1 Å². The Hall–Kier alpha value is -0.240. The summed E-state index contributed by atoms with van der Waals surface area (Å²) in [6.45, 7) is 0. The van der Waals surface area contributed by atoms with Crippen molar-refractivity contribution < 1.29 is 9.90 Å². The molecule has 2 rings (SSSR count). The highest BCUT2D eigenvalue weighted by Gasteiger charge is 2.50. The molecule has 0 aromatic carbocycles. The van der Waals surface area contributed by atoms with Gasteiger partial charge in [-0.2, -0.15) is 0 Å². The molecule has 64 valence electrons. The molecule has 2 nitrogen and oxygen atoms in total. The average Bonchev–Trinajstić information content (AvgIpc) is 1.54. The summed E-state index contributed by atoms with van der Waals surface area (Å²) in [5, 5.41) is 8.59. The van der Waals surface area contributed by atoms with Crippen molar-refractivity contribution in [2.24, 2.45) is 11.3 Å². The van der Waals surface area contributed by atoms with Crippen molar-refractivity contribution in [3.05, 3.63) is 0 Å². The second-order valence-electron chi connectivity index (χ2n) is 3.80. The molecule has 0 heterocycles. The Bertz CT molecular complexity index is 167. The molecule has 11 heavy (non-hydrogen) atoms. The van der Waals surface area contributed by atoms with E-state index in [1.54, 1.807) is 0 Å². The fourth-order valence-corrected chi connectivity index (χ4v) is 2.25. The Balaban J connectivity index is 0.000000605. The predicted octanol–water partition coefficient (Wildman–Crippen LogP) is 2.07. The Kier molecular flexibility index (Phi) is 2.15. The number of hydrogen-bond acceptors (Lipinski definition) is 1. The summed E-state index contributed by atoms with van der Waals surface area (Å²) >= 11 is 0. The van der Waals surface area contributed by atoms with E-state index >= 15 is 0 Å². The first kappa shape index (κ1) is 8.85. The molecular weight excluding hydrogens is 164 g/mol. The van der Waals surface area contributed by atoms with Crippen LogP contribution in [-0.2, 0) is 4.79 Å². The minimum Gasteiger partial charge on any atom is -0.481 e. The van der Waals surface area contributed by atoms with Crippen LogP contribution in [0.2, 0.25) is 0 Å². The summed E-state index contributed by atoms with van der Waals surface area (Å²) in [5.41, 5.74) is 0.517. The third kappa shape index (κ3) is 1.24. The average molecular weight is 177 g/mol. The first-order valence-electron chi connectivity index (χ1n) is 3.95. The zero-order valence-electron chi connectivity index (χ0n) is 6.38. The van der Waals surface area contributed by atoms with E-state index in [4.69, 9.17) is 5.11 Å². The molecule has 1 N–H and O–H groups in total. The van der Waals surface area contributed by atoms with E-state index in [2.05, 4.69) is 0 Å². The molecule has 2 saturated carbocycles. The van der Waals surface area contributed by atoms with E-state index in [9.17, 15) is 4.79 Å². The molecule has 0 bridgehead atoms. The van der Waals surface area contributed by atoms with Crippen LogP contribution >= 0.6 is 12.4 Å². The first-order chi connectivity index (χ1) is 4.72.